The number of aromatic hydroxyl groups is 2. The van der Waals surface area contributed by atoms with Crippen LogP contribution in [0.1, 0.15) is 94.5 Å². The Labute approximate surface area is 309 Å². The number of methoxy groups -OCH3 is 1. The molecular formula is C37H42N4O13. The van der Waals surface area contributed by atoms with E-state index < -0.39 is 108 Å². The van der Waals surface area contributed by atoms with Gasteiger partial charge in [0.2, 0.25) is 11.7 Å². The number of carbonyl (C=O) groups excluding carboxylic acids is 5. The predicted octanol–water partition coefficient (Wildman–Crippen LogP) is 0.390. The van der Waals surface area contributed by atoms with Crippen LogP contribution in [0.3, 0.4) is 0 Å². The third kappa shape index (κ3) is 7.01. The first-order valence-electron chi connectivity index (χ1n) is 17.5. The highest BCUT2D eigenvalue weighted by Crippen LogP contribution is 2.52. The molecule has 2 aromatic carbocycles. The highest BCUT2D eigenvalue weighted by atomic mass is 16.7. The molecule has 0 bridgehead atoms. The lowest BCUT2D eigenvalue weighted by molar-refractivity contribution is -0.245. The van der Waals surface area contributed by atoms with Crippen molar-refractivity contribution < 1.29 is 63.7 Å². The largest absolute Gasteiger partial charge is 0.507 e. The molecule has 0 radical (unpaired) electrons. The maximum atomic E-state index is 14.0. The molecule has 2 aliphatic heterocycles. The van der Waals surface area contributed by atoms with Crippen LogP contribution in [0.4, 0.5) is 0 Å². The zero-order valence-corrected chi connectivity index (χ0v) is 29.6. The number of nitrogens with one attached hydrogen (secondary N) is 1. The molecule has 288 valence electrons. The Kier molecular flexibility index (Phi) is 11.0. The zero-order chi connectivity index (χ0) is 39.1. The Morgan fingerprint density at radius 3 is 2.43 bits per heavy atom. The number of ketones is 2. The van der Waals surface area contributed by atoms with E-state index in [4.69, 9.17) is 19.9 Å². The number of carbonyl (C=O) groups is 5. The summed E-state index contributed by atoms with van der Waals surface area (Å²) in [6, 6.07) is 3.57. The lowest BCUT2D eigenvalue weighted by Gasteiger charge is -2.43. The molecule has 2 heterocycles. The van der Waals surface area contributed by atoms with Crippen molar-refractivity contribution in [2.45, 2.75) is 88.1 Å². The summed E-state index contributed by atoms with van der Waals surface area (Å²) in [6.45, 7) is 0.910. The molecule has 17 heteroatoms. The smallest absolute Gasteiger partial charge is 0.253 e. The van der Waals surface area contributed by atoms with Crippen LogP contribution >= 0.6 is 0 Å². The molecule has 1 saturated heterocycles. The van der Waals surface area contributed by atoms with Crippen LogP contribution in [0.5, 0.6) is 17.2 Å². The summed E-state index contributed by atoms with van der Waals surface area (Å²) in [5, 5.41) is 60.5. The van der Waals surface area contributed by atoms with E-state index in [2.05, 4.69) is 10.5 Å². The molecule has 0 saturated carbocycles. The number of aliphatic hydroxyl groups is 3. The van der Waals surface area contributed by atoms with Gasteiger partial charge in [0, 0.05) is 67.1 Å². The van der Waals surface area contributed by atoms with Crippen LogP contribution < -0.4 is 15.9 Å². The van der Waals surface area contributed by atoms with Gasteiger partial charge >= 0.3 is 0 Å². The third-order valence-electron chi connectivity index (χ3n) is 10.3. The van der Waals surface area contributed by atoms with Crippen molar-refractivity contribution in [3.63, 3.8) is 0 Å². The van der Waals surface area contributed by atoms with Crippen LogP contribution in [0, 0.1) is 0 Å². The number of aliphatic hydroxyl groups excluding tert-OH is 2. The monoisotopic (exact) mass is 750 g/mol. The first-order chi connectivity index (χ1) is 25.7. The van der Waals surface area contributed by atoms with E-state index in [1.807, 2.05) is 0 Å². The quantitative estimate of drug-likeness (QED) is 0.0434. The second kappa shape index (κ2) is 15.4. The third-order valence-corrected chi connectivity index (χ3v) is 10.3. The number of unbranched alkanes of at least 4 members (excludes halogenated alkanes) is 2. The lowest BCUT2D eigenvalue weighted by Crippen LogP contribution is -2.53. The van der Waals surface area contributed by atoms with E-state index in [9.17, 15) is 49.5 Å². The number of hydrazone groups is 1. The molecule has 17 nitrogen and oxygen atoms in total. The summed E-state index contributed by atoms with van der Waals surface area (Å²) in [5.41, 5.74) is 4.46. The summed E-state index contributed by atoms with van der Waals surface area (Å²) in [5.74, 6) is -4.25. The maximum absolute atomic E-state index is 14.0. The molecule has 4 aliphatic rings. The van der Waals surface area contributed by atoms with Gasteiger partial charge in [-0.3, -0.25) is 28.9 Å². The van der Waals surface area contributed by atoms with E-state index in [0.717, 1.165) is 4.90 Å². The molecule has 3 amide bonds. The standard InChI is InChI=1S/C37H42N4O13/c1-17-32(46)20(38)13-27(53-17)54-22-15-37(51,23(16-42)39-40-24(43)9-4-3-5-12-41-25(44)10-11-26(41)45)14-19-29(22)36(50)31-30(34(19)48)33(47)18-7-6-8-21(52-2)28(18)35(31)49/h6-8,10-11,17,20,22,27,32,42,46,48,50-51H,3-5,9,12-16,38H2,1-2H3,(H,40,43)/b39-23+/t17-,20-,22-,27?,32+,37-/m0/s1. The van der Waals surface area contributed by atoms with E-state index in [0.29, 0.717) is 19.3 Å². The average molecular weight is 751 g/mol. The minimum Gasteiger partial charge on any atom is -0.507 e. The van der Waals surface area contributed by atoms with Crippen molar-refractivity contribution in [2.75, 3.05) is 20.3 Å². The van der Waals surface area contributed by atoms with Crippen LogP contribution in [0.2, 0.25) is 0 Å². The second-order valence-corrected chi connectivity index (χ2v) is 13.8. The summed E-state index contributed by atoms with van der Waals surface area (Å²) in [7, 11) is 1.32. The van der Waals surface area contributed by atoms with Crippen LogP contribution in [-0.4, -0.2) is 116 Å². The van der Waals surface area contributed by atoms with Crippen molar-refractivity contribution in [1.82, 2.24) is 10.3 Å². The Morgan fingerprint density at radius 1 is 1.06 bits per heavy atom. The number of fused-ring (bicyclic) bond motifs is 3. The first-order valence-corrected chi connectivity index (χ1v) is 17.5. The van der Waals surface area contributed by atoms with Crippen LogP contribution in [0.25, 0.3) is 0 Å². The predicted molar refractivity (Wildman–Crippen MR) is 187 cm³/mol. The number of phenolic OH excluding ortho intramolecular Hbond substituents is 2. The SMILES string of the molecule is COc1cccc2c1C(=O)c1c(O)c3c(c(O)c1C2=O)C[C@@](O)(/C(CO)=N/NC(=O)CCCCCN1C(=O)C=CC1=O)C[C@@H]3OC1C[C@H](N)[C@H](O)[C@H](C)O1. The van der Waals surface area contributed by atoms with Crippen LogP contribution in [0.15, 0.2) is 35.5 Å². The average Bonchev–Trinajstić information content (AvgIpc) is 3.46. The van der Waals surface area contributed by atoms with E-state index in [-0.39, 0.29) is 53.1 Å². The molecule has 6 atom stereocenters. The fraction of sp³-hybridized carbons (Fsp3) is 0.459. The van der Waals surface area contributed by atoms with Gasteiger partial charge in [0.05, 0.1) is 54.4 Å². The topological polar surface area (TPSA) is 268 Å². The number of nitrogens with zero attached hydrogens (tertiary/aromatic N) is 2. The van der Waals surface area contributed by atoms with E-state index in [1.54, 1.807) is 6.92 Å². The number of nitrogens with two attached hydrogens (primary N) is 1. The lowest BCUT2D eigenvalue weighted by atomic mass is 9.71. The highest BCUT2D eigenvalue weighted by Gasteiger charge is 2.49. The fourth-order valence-electron chi connectivity index (χ4n) is 7.47. The van der Waals surface area contributed by atoms with Gasteiger partial charge in [-0.15, -0.1) is 0 Å². The van der Waals surface area contributed by atoms with Gasteiger partial charge in [0.1, 0.15) is 22.8 Å². The van der Waals surface area contributed by atoms with Crippen molar-refractivity contribution >= 4 is 35.0 Å². The molecule has 1 fully saturated rings. The van der Waals surface area contributed by atoms with Gasteiger partial charge < -0.3 is 45.5 Å². The molecule has 6 rings (SSSR count). The number of imide groups is 1. The first kappa shape index (κ1) is 38.7. The summed E-state index contributed by atoms with van der Waals surface area (Å²) in [4.78, 5) is 65.1. The van der Waals surface area contributed by atoms with Gasteiger partial charge in [0.15, 0.2) is 12.1 Å². The van der Waals surface area contributed by atoms with Gasteiger partial charge in [-0.05, 0) is 25.8 Å². The summed E-state index contributed by atoms with van der Waals surface area (Å²) >= 11 is 0. The number of ether oxygens (including phenoxy) is 3. The number of benzene rings is 2. The van der Waals surface area contributed by atoms with Crippen molar-refractivity contribution in [3.05, 3.63) is 63.7 Å². The summed E-state index contributed by atoms with van der Waals surface area (Å²) < 4.78 is 17.4. The number of hydrogen-bond acceptors (Lipinski definition) is 15. The second-order valence-electron chi connectivity index (χ2n) is 13.8. The Morgan fingerprint density at radius 2 is 1.76 bits per heavy atom. The Bertz CT molecular complexity index is 1930. The fourth-order valence-corrected chi connectivity index (χ4v) is 7.47. The molecule has 2 aliphatic carbocycles. The maximum Gasteiger partial charge on any atom is 0.253 e. The number of rotatable bonds is 12. The molecule has 2 aromatic rings. The zero-order valence-electron chi connectivity index (χ0n) is 29.6. The van der Waals surface area contributed by atoms with Gasteiger partial charge in [-0.2, -0.15) is 5.10 Å². The Hall–Kier alpha value is -5.04. The van der Waals surface area contributed by atoms with E-state index in [1.165, 1.54) is 37.5 Å². The molecule has 0 aromatic heterocycles. The Balaban J connectivity index is 1.29. The number of hydrogen-bond donors (Lipinski definition) is 7. The molecular weight excluding hydrogens is 708 g/mol. The minimum absolute atomic E-state index is 0.0120. The number of amides is 3. The summed E-state index contributed by atoms with van der Waals surface area (Å²) in [6.07, 6.45) is -1.56. The van der Waals surface area contributed by atoms with Crippen LogP contribution in [-0.2, 0) is 30.3 Å². The highest BCUT2D eigenvalue weighted by molar-refractivity contribution is 6.31. The van der Waals surface area contributed by atoms with Gasteiger partial charge in [-0.1, -0.05) is 18.6 Å². The number of phenols is 2. The van der Waals surface area contributed by atoms with E-state index >= 15 is 0 Å². The minimum atomic E-state index is -2.16. The molecule has 1 unspecified atom stereocenters. The molecule has 0 spiro atoms. The van der Waals surface area contributed by atoms with Gasteiger partial charge in [-0.25, -0.2) is 5.43 Å². The normalized spacial score (nSPS) is 26.4. The molecule has 8 N–H and O–H groups in total. The van der Waals surface area contributed by atoms with Crippen molar-refractivity contribution in [3.8, 4) is 17.2 Å². The van der Waals surface area contributed by atoms with Gasteiger partial charge in [0.25, 0.3) is 11.8 Å². The van der Waals surface area contributed by atoms with Crippen molar-refractivity contribution in [1.29, 1.82) is 0 Å². The van der Waals surface area contributed by atoms with Crippen molar-refractivity contribution in [2.24, 2.45) is 10.8 Å². The molecule has 54 heavy (non-hydrogen) atoms.